The van der Waals surface area contributed by atoms with E-state index in [0.29, 0.717) is 28.9 Å². The first-order valence-corrected chi connectivity index (χ1v) is 10.2. The average Bonchev–Trinajstić information content (AvgIpc) is 3.34. The highest BCUT2D eigenvalue weighted by molar-refractivity contribution is 5.93. The summed E-state index contributed by atoms with van der Waals surface area (Å²) in [6.45, 7) is 1.80. The van der Waals surface area contributed by atoms with Crippen molar-refractivity contribution in [3.8, 4) is 40.1 Å². The first kappa shape index (κ1) is 21.9. The number of aromatic nitrogens is 2. The molecule has 0 aliphatic carbocycles. The molecular formula is C25H23N3O5. The Morgan fingerprint density at radius 3 is 2.30 bits per heavy atom. The SMILES string of the molecule is COc1ccc(-c2noc(-c3ccc(OCC(=O)Nc4cc(C)ccc4OC)cc3)n2)cc1. The number of hydrogen-bond donors (Lipinski definition) is 1. The summed E-state index contributed by atoms with van der Waals surface area (Å²) in [4.78, 5) is 16.7. The third-order valence-electron chi connectivity index (χ3n) is 4.87. The number of methoxy groups -OCH3 is 2. The lowest BCUT2D eigenvalue weighted by Gasteiger charge is -2.11. The van der Waals surface area contributed by atoms with Gasteiger partial charge in [-0.1, -0.05) is 11.2 Å². The van der Waals surface area contributed by atoms with E-state index in [0.717, 1.165) is 22.4 Å². The lowest BCUT2D eigenvalue weighted by atomic mass is 10.2. The lowest BCUT2D eigenvalue weighted by molar-refractivity contribution is -0.118. The monoisotopic (exact) mass is 445 g/mol. The van der Waals surface area contributed by atoms with Crippen molar-refractivity contribution >= 4 is 11.6 Å². The van der Waals surface area contributed by atoms with Crippen LogP contribution in [0, 0.1) is 6.92 Å². The van der Waals surface area contributed by atoms with Crippen molar-refractivity contribution in [3.63, 3.8) is 0 Å². The molecule has 0 aliphatic rings. The van der Waals surface area contributed by atoms with Gasteiger partial charge in [-0.05, 0) is 73.2 Å². The van der Waals surface area contributed by atoms with Crippen LogP contribution in [-0.4, -0.2) is 36.9 Å². The van der Waals surface area contributed by atoms with Gasteiger partial charge in [-0.3, -0.25) is 4.79 Å². The molecule has 8 heteroatoms. The van der Waals surface area contributed by atoms with Crippen LogP contribution in [0.15, 0.2) is 71.3 Å². The van der Waals surface area contributed by atoms with Gasteiger partial charge in [0.05, 0.1) is 19.9 Å². The first-order chi connectivity index (χ1) is 16.1. The maximum absolute atomic E-state index is 12.3. The Morgan fingerprint density at radius 1 is 0.909 bits per heavy atom. The fourth-order valence-electron chi connectivity index (χ4n) is 3.15. The van der Waals surface area contributed by atoms with Crippen molar-refractivity contribution in [2.75, 3.05) is 26.1 Å². The number of carbonyl (C=O) groups is 1. The van der Waals surface area contributed by atoms with Crippen molar-refractivity contribution in [1.82, 2.24) is 10.1 Å². The van der Waals surface area contributed by atoms with Crippen LogP contribution in [0.1, 0.15) is 5.56 Å². The molecule has 1 N–H and O–H groups in total. The molecule has 0 saturated heterocycles. The Bertz CT molecular complexity index is 1230. The molecular weight excluding hydrogens is 422 g/mol. The second-order valence-electron chi connectivity index (χ2n) is 7.22. The normalized spacial score (nSPS) is 10.5. The van der Waals surface area contributed by atoms with Crippen molar-refractivity contribution in [3.05, 3.63) is 72.3 Å². The van der Waals surface area contributed by atoms with Crippen LogP contribution < -0.4 is 19.5 Å². The molecule has 1 amide bonds. The van der Waals surface area contributed by atoms with Gasteiger partial charge in [0.25, 0.3) is 11.8 Å². The molecule has 0 atom stereocenters. The van der Waals surface area contributed by atoms with Crippen LogP contribution in [0.4, 0.5) is 5.69 Å². The molecule has 0 saturated carbocycles. The molecule has 0 radical (unpaired) electrons. The number of aryl methyl sites for hydroxylation is 1. The molecule has 168 valence electrons. The fraction of sp³-hybridized carbons (Fsp3) is 0.160. The summed E-state index contributed by atoms with van der Waals surface area (Å²) < 4.78 is 21.4. The molecule has 0 unspecified atom stereocenters. The summed E-state index contributed by atoms with van der Waals surface area (Å²) in [6, 6.07) is 20.0. The van der Waals surface area contributed by atoms with Gasteiger partial charge in [0.2, 0.25) is 5.82 Å². The van der Waals surface area contributed by atoms with E-state index in [-0.39, 0.29) is 12.5 Å². The van der Waals surface area contributed by atoms with Gasteiger partial charge in [0.1, 0.15) is 17.2 Å². The van der Waals surface area contributed by atoms with Crippen molar-refractivity contribution < 1.29 is 23.5 Å². The first-order valence-electron chi connectivity index (χ1n) is 10.2. The predicted octanol–water partition coefficient (Wildman–Crippen LogP) is 4.75. The van der Waals surface area contributed by atoms with Gasteiger partial charge in [-0.25, -0.2) is 0 Å². The predicted molar refractivity (Wildman–Crippen MR) is 124 cm³/mol. The highest BCUT2D eigenvalue weighted by atomic mass is 16.5. The highest BCUT2D eigenvalue weighted by Crippen LogP contribution is 2.26. The lowest BCUT2D eigenvalue weighted by Crippen LogP contribution is -2.20. The summed E-state index contributed by atoms with van der Waals surface area (Å²) in [6.07, 6.45) is 0. The molecule has 3 aromatic carbocycles. The number of ether oxygens (including phenoxy) is 3. The Kier molecular flexibility index (Phi) is 6.54. The van der Waals surface area contributed by atoms with Gasteiger partial charge in [0.15, 0.2) is 6.61 Å². The van der Waals surface area contributed by atoms with Crippen LogP contribution in [-0.2, 0) is 4.79 Å². The van der Waals surface area contributed by atoms with E-state index in [9.17, 15) is 4.79 Å². The van der Waals surface area contributed by atoms with E-state index in [4.69, 9.17) is 18.7 Å². The van der Waals surface area contributed by atoms with Crippen LogP contribution in [0.25, 0.3) is 22.8 Å². The number of rotatable bonds is 8. The third-order valence-corrected chi connectivity index (χ3v) is 4.87. The van der Waals surface area contributed by atoms with E-state index in [1.54, 1.807) is 38.5 Å². The molecule has 4 aromatic rings. The zero-order chi connectivity index (χ0) is 23.2. The molecule has 0 aliphatic heterocycles. The van der Waals surface area contributed by atoms with Crippen LogP contribution in [0.5, 0.6) is 17.2 Å². The third kappa shape index (κ3) is 5.30. The highest BCUT2D eigenvalue weighted by Gasteiger charge is 2.12. The Morgan fingerprint density at radius 2 is 1.61 bits per heavy atom. The van der Waals surface area contributed by atoms with Gasteiger partial charge < -0.3 is 24.1 Å². The smallest absolute Gasteiger partial charge is 0.262 e. The number of nitrogens with one attached hydrogen (secondary N) is 1. The summed E-state index contributed by atoms with van der Waals surface area (Å²) in [5.41, 5.74) is 3.18. The van der Waals surface area contributed by atoms with E-state index in [2.05, 4.69) is 15.5 Å². The van der Waals surface area contributed by atoms with Crippen LogP contribution >= 0.6 is 0 Å². The summed E-state index contributed by atoms with van der Waals surface area (Å²) >= 11 is 0. The number of hydrogen-bond acceptors (Lipinski definition) is 7. The van der Waals surface area contributed by atoms with Gasteiger partial charge in [0, 0.05) is 11.1 Å². The maximum Gasteiger partial charge on any atom is 0.262 e. The van der Waals surface area contributed by atoms with Gasteiger partial charge in [-0.2, -0.15) is 4.98 Å². The summed E-state index contributed by atoms with van der Waals surface area (Å²) in [5.74, 6) is 2.47. The van der Waals surface area contributed by atoms with E-state index >= 15 is 0 Å². The summed E-state index contributed by atoms with van der Waals surface area (Å²) in [5, 5.41) is 6.84. The number of amides is 1. The zero-order valence-corrected chi connectivity index (χ0v) is 18.5. The molecule has 33 heavy (non-hydrogen) atoms. The fourth-order valence-corrected chi connectivity index (χ4v) is 3.15. The van der Waals surface area contributed by atoms with Gasteiger partial charge >= 0.3 is 0 Å². The quantitative estimate of drug-likeness (QED) is 0.418. The molecule has 4 rings (SSSR count). The second kappa shape index (κ2) is 9.86. The largest absolute Gasteiger partial charge is 0.497 e. The maximum atomic E-state index is 12.3. The van der Waals surface area contributed by atoms with Crippen LogP contribution in [0.3, 0.4) is 0 Å². The Labute approximate surface area is 191 Å². The second-order valence-corrected chi connectivity index (χ2v) is 7.22. The van der Waals surface area contributed by atoms with Crippen molar-refractivity contribution in [1.29, 1.82) is 0 Å². The van der Waals surface area contributed by atoms with E-state index < -0.39 is 0 Å². The standard InChI is InChI=1S/C25H23N3O5/c1-16-4-13-22(31-3)21(14-16)26-23(29)15-32-20-11-7-18(8-12-20)25-27-24(28-33-25)17-5-9-19(30-2)10-6-17/h4-14H,15H2,1-3H3,(H,26,29). The summed E-state index contributed by atoms with van der Waals surface area (Å²) in [7, 11) is 3.17. The number of anilines is 1. The Balaban J connectivity index is 1.36. The molecule has 1 heterocycles. The molecule has 0 spiro atoms. The van der Waals surface area contributed by atoms with E-state index in [1.165, 1.54) is 0 Å². The van der Waals surface area contributed by atoms with E-state index in [1.807, 2.05) is 49.4 Å². The topological polar surface area (TPSA) is 95.7 Å². The minimum atomic E-state index is -0.288. The number of nitrogens with zero attached hydrogens (tertiary/aromatic N) is 2. The average molecular weight is 445 g/mol. The molecule has 1 aromatic heterocycles. The number of benzene rings is 3. The molecule has 8 nitrogen and oxygen atoms in total. The van der Waals surface area contributed by atoms with Crippen LogP contribution in [0.2, 0.25) is 0 Å². The van der Waals surface area contributed by atoms with Crippen molar-refractivity contribution in [2.24, 2.45) is 0 Å². The Hall–Kier alpha value is -4.33. The molecule has 0 bridgehead atoms. The van der Waals surface area contributed by atoms with Gasteiger partial charge in [-0.15, -0.1) is 0 Å². The number of carbonyl (C=O) groups excluding carboxylic acids is 1. The zero-order valence-electron chi connectivity index (χ0n) is 18.5. The van der Waals surface area contributed by atoms with Crippen molar-refractivity contribution in [2.45, 2.75) is 6.92 Å². The minimum absolute atomic E-state index is 0.140. The minimum Gasteiger partial charge on any atom is -0.497 e. The molecule has 0 fully saturated rings.